The zero-order valence-corrected chi connectivity index (χ0v) is 13.4. The first-order chi connectivity index (χ1) is 10.8. The van der Waals surface area contributed by atoms with Crippen LogP contribution in [0, 0.1) is 5.92 Å². The maximum absolute atomic E-state index is 12.2. The van der Waals surface area contributed by atoms with Crippen LogP contribution in [0.3, 0.4) is 0 Å². The van der Waals surface area contributed by atoms with Crippen LogP contribution in [0.1, 0.15) is 63.2 Å². The van der Waals surface area contributed by atoms with Crippen LogP contribution < -0.4 is 5.32 Å². The lowest BCUT2D eigenvalue weighted by molar-refractivity contribution is -0.122. The predicted molar refractivity (Wildman–Crippen MR) is 86.5 cm³/mol. The highest BCUT2D eigenvalue weighted by molar-refractivity contribution is 5.76. The number of hydrogen-bond donors (Lipinski definition) is 1. The van der Waals surface area contributed by atoms with Crippen molar-refractivity contribution in [1.82, 2.24) is 10.2 Å². The fourth-order valence-electron chi connectivity index (χ4n) is 3.88. The summed E-state index contributed by atoms with van der Waals surface area (Å²) in [4.78, 5) is 14.7. The Labute approximate surface area is 133 Å². The Morgan fingerprint density at radius 2 is 2.00 bits per heavy atom. The molecule has 1 unspecified atom stereocenters. The summed E-state index contributed by atoms with van der Waals surface area (Å²) >= 11 is 0. The molecule has 1 aromatic rings. The molecule has 2 heterocycles. The van der Waals surface area contributed by atoms with Crippen LogP contribution in [0.4, 0.5) is 0 Å². The van der Waals surface area contributed by atoms with Crippen molar-refractivity contribution < 1.29 is 9.21 Å². The molecule has 3 rings (SSSR count). The second kappa shape index (κ2) is 7.82. The number of likely N-dealkylation sites (tertiary alicyclic amines) is 1. The number of hydrogen-bond acceptors (Lipinski definition) is 3. The van der Waals surface area contributed by atoms with E-state index in [1.807, 2.05) is 12.1 Å². The molecule has 1 atom stereocenters. The molecule has 1 aromatic heterocycles. The summed E-state index contributed by atoms with van der Waals surface area (Å²) in [5, 5.41) is 3.15. The standard InChI is InChI=1S/C18H28N2O2/c21-18(13-15-7-2-1-3-8-15)19-14-16(17-9-6-12-22-17)20-10-4-5-11-20/h6,9,12,15-16H,1-5,7-8,10-11,13-14H2,(H,19,21). The van der Waals surface area contributed by atoms with E-state index in [-0.39, 0.29) is 11.9 Å². The number of carbonyl (C=O) groups excluding carboxylic acids is 1. The van der Waals surface area contributed by atoms with Crippen molar-refractivity contribution >= 4 is 5.91 Å². The van der Waals surface area contributed by atoms with Gasteiger partial charge in [-0.15, -0.1) is 0 Å². The number of nitrogens with one attached hydrogen (secondary N) is 1. The number of furan rings is 1. The summed E-state index contributed by atoms with van der Waals surface area (Å²) in [6, 6.07) is 4.14. The van der Waals surface area contributed by atoms with Crippen molar-refractivity contribution in [3.8, 4) is 0 Å². The molecule has 2 fully saturated rings. The molecule has 0 bridgehead atoms. The number of nitrogens with zero attached hydrogens (tertiary/aromatic N) is 1. The van der Waals surface area contributed by atoms with Crippen LogP contribution in [-0.4, -0.2) is 30.4 Å². The first-order valence-electron chi connectivity index (χ1n) is 8.87. The second-order valence-corrected chi connectivity index (χ2v) is 6.79. The average molecular weight is 304 g/mol. The SMILES string of the molecule is O=C(CC1CCCCC1)NCC(c1ccco1)N1CCCC1. The number of amides is 1. The first kappa shape index (κ1) is 15.6. The molecule has 0 spiro atoms. The van der Waals surface area contributed by atoms with Crippen LogP contribution in [0.5, 0.6) is 0 Å². The lowest BCUT2D eigenvalue weighted by Gasteiger charge is -2.26. The molecule has 4 nitrogen and oxygen atoms in total. The summed E-state index contributed by atoms with van der Waals surface area (Å²) in [5.41, 5.74) is 0. The number of carbonyl (C=O) groups is 1. The molecule has 22 heavy (non-hydrogen) atoms. The van der Waals surface area contributed by atoms with E-state index >= 15 is 0 Å². The molecule has 2 aliphatic rings. The van der Waals surface area contributed by atoms with Crippen molar-refractivity contribution in [2.75, 3.05) is 19.6 Å². The minimum absolute atomic E-state index is 0.188. The third-order valence-electron chi connectivity index (χ3n) is 5.14. The van der Waals surface area contributed by atoms with Crippen molar-refractivity contribution in [2.24, 2.45) is 5.92 Å². The Morgan fingerprint density at radius 3 is 2.68 bits per heavy atom. The van der Waals surface area contributed by atoms with Crippen LogP contribution in [0.15, 0.2) is 22.8 Å². The molecular formula is C18H28N2O2. The number of rotatable bonds is 6. The molecule has 1 aliphatic heterocycles. The smallest absolute Gasteiger partial charge is 0.220 e. The molecule has 1 aliphatic carbocycles. The fourth-order valence-corrected chi connectivity index (χ4v) is 3.88. The van der Waals surface area contributed by atoms with Gasteiger partial charge in [-0.25, -0.2) is 0 Å². The van der Waals surface area contributed by atoms with E-state index in [0.717, 1.165) is 18.8 Å². The van der Waals surface area contributed by atoms with Gasteiger partial charge in [0.25, 0.3) is 0 Å². The maximum Gasteiger partial charge on any atom is 0.220 e. The Balaban J connectivity index is 1.51. The van der Waals surface area contributed by atoms with Crippen molar-refractivity contribution in [3.63, 3.8) is 0 Å². The van der Waals surface area contributed by atoms with Gasteiger partial charge in [-0.05, 0) is 56.8 Å². The monoisotopic (exact) mass is 304 g/mol. The van der Waals surface area contributed by atoms with E-state index in [2.05, 4.69) is 10.2 Å². The molecule has 4 heteroatoms. The van der Waals surface area contributed by atoms with E-state index in [1.54, 1.807) is 6.26 Å². The summed E-state index contributed by atoms with van der Waals surface area (Å²) in [7, 11) is 0. The van der Waals surface area contributed by atoms with Crippen LogP contribution >= 0.6 is 0 Å². The topological polar surface area (TPSA) is 45.5 Å². The average Bonchev–Trinajstić information content (AvgIpc) is 3.22. The highest BCUT2D eigenvalue weighted by atomic mass is 16.3. The third kappa shape index (κ3) is 4.13. The fraction of sp³-hybridized carbons (Fsp3) is 0.722. The third-order valence-corrected chi connectivity index (χ3v) is 5.14. The van der Waals surface area contributed by atoms with Gasteiger partial charge in [0.1, 0.15) is 5.76 Å². The minimum Gasteiger partial charge on any atom is -0.468 e. The Bertz CT molecular complexity index is 446. The lowest BCUT2D eigenvalue weighted by atomic mass is 9.87. The molecule has 0 radical (unpaired) electrons. The molecule has 1 saturated heterocycles. The minimum atomic E-state index is 0.188. The quantitative estimate of drug-likeness (QED) is 0.875. The van der Waals surface area contributed by atoms with Gasteiger partial charge in [-0.1, -0.05) is 19.3 Å². The van der Waals surface area contributed by atoms with Crippen molar-refractivity contribution in [1.29, 1.82) is 0 Å². The normalized spacial score (nSPS) is 21.8. The Hall–Kier alpha value is -1.29. The second-order valence-electron chi connectivity index (χ2n) is 6.79. The van der Waals surface area contributed by atoms with Gasteiger partial charge in [-0.3, -0.25) is 9.69 Å². The molecule has 1 saturated carbocycles. The van der Waals surface area contributed by atoms with E-state index in [4.69, 9.17) is 4.42 Å². The van der Waals surface area contributed by atoms with Gasteiger partial charge in [0.05, 0.1) is 12.3 Å². The summed E-state index contributed by atoms with van der Waals surface area (Å²) in [6.07, 6.45) is 11.3. The Morgan fingerprint density at radius 1 is 1.23 bits per heavy atom. The molecule has 1 amide bonds. The lowest BCUT2D eigenvalue weighted by Crippen LogP contribution is -2.37. The van der Waals surface area contributed by atoms with Crippen LogP contribution in [0.25, 0.3) is 0 Å². The zero-order valence-electron chi connectivity index (χ0n) is 13.4. The molecule has 1 N–H and O–H groups in total. The molecular weight excluding hydrogens is 276 g/mol. The van der Waals surface area contributed by atoms with Gasteiger partial charge >= 0.3 is 0 Å². The van der Waals surface area contributed by atoms with Gasteiger partial charge in [0.2, 0.25) is 5.91 Å². The van der Waals surface area contributed by atoms with Crippen LogP contribution in [0.2, 0.25) is 0 Å². The predicted octanol–water partition coefficient (Wildman–Crippen LogP) is 3.50. The molecule has 0 aromatic carbocycles. The van der Waals surface area contributed by atoms with E-state index in [0.29, 0.717) is 18.9 Å². The first-order valence-corrected chi connectivity index (χ1v) is 8.87. The van der Waals surface area contributed by atoms with Crippen LogP contribution in [-0.2, 0) is 4.79 Å². The van der Waals surface area contributed by atoms with Gasteiger partial charge in [0.15, 0.2) is 0 Å². The summed E-state index contributed by atoms with van der Waals surface area (Å²) in [6.45, 7) is 2.87. The zero-order chi connectivity index (χ0) is 15.2. The summed E-state index contributed by atoms with van der Waals surface area (Å²) < 4.78 is 5.60. The van der Waals surface area contributed by atoms with Crippen molar-refractivity contribution in [3.05, 3.63) is 24.2 Å². The largest absolute Gasteiger partial charge is 0.468 e. The van der Waals surface area contributed by atoms with E-state index in [1.165, 1.54) is 44.9 Å². The van der Waals surface area contributed by atoms with Gasteiger partial charge in [-0.2, -0.15) is 0 Å². The summed E-state index contributed by atoms with van der Waals surface area (Å²) in [5.74, 6) is 1.78. The highest BCUT2D eigenvalue weighted by Gasteiger charge is 2.26. The van der Waals surface area contributed by atoms with Gasteiger partial charge in [0, 0.05) is 13.0 Å². The molecule has 122 valence electrons. The van der Waals surface area contributed by atoms with E-state index < -0.39 is 0 Å². The highest BCUT2D eigenvalue weighted by Crippen LogP contribution is 2.27. The van der Waals surface area contributed by atoms with Crippen molar-refractivity contribution in [2.45, 2.75) is 57.4 Å². The maximum atomic E-state index is 12.2. The van der Waals surface area contributed by atoms with E-state index in [9.17, 15) is 4.79 Å². The van der Waals surface area contributed by atoms with Gasteiger partial charge < -0.3 is 9.73 Å². The Kier molecular flexibility index (Phi) is 5.54.